The van der Waals surface area contributed by atoms with Crippen LogP contribution in [0.3, 0.4) is 0 Å². The fourth-order valence-electron chi connectivity index (χ4n) is 2.15. The number of nitrogen functional groups attached to an aromatic ring is 1. The molecule has 0 amide bonds. The molecule has 0 saturated heterocycles. The summed E-state index contributed by atoms with van der Waals surface area (Å²) >= 11 is 0. The Labute approximate surface area is 110 Å². The maximum atomic E-state index is 5.91. The summed E-state index contributed by atoms with van der Waals surface area (Å²) in [5.41, 5.74) is 10.4. The molecule has 0 aliphatic heterocycles. The third kappa shape index (κ3) is 2.01. The molecule has 0 unspecified atom stereocenters. The zero-order valence-electron chi connectivity index (χ0n) is 10.8. The summed E-state index contributed by atoms with van der Waals surface area (Å²) in [7, 11) is 0. The van der Waals surface area contributed by atoms with Gasteiger partial charge in [0.2, 0.25) is 5.88 Å². The Morgan fingerprint density at radius 2 is 1.95 bits per heavy atom. The van der Waals surface area contributed by atoms with Crippen LogP contribution in [0.4, 0.5) is 5.88 Å². The van der Waals surface area contributed by atoms with Gasteiger partial charge in [-0.05, 0) is 25.5 Å². The first kappa shape index (κ1) is 11.6. The van der Waals surface area contributed by atoms with E-state index in [-0.39, 0.29) is 0 Å². The normalized spacial score (nSPS) is 10.8. The molecule has 4 nitrogen and oxygen atoms in total. The van der Waals surface area contributed by atoms with Crippen molar-refractivity contribution >= 4 is 5.88 Å². The topological polar surface area (TPSA) is 65.2 Å². The lowest BCUT2D eigenvalue weighted by molar-refractivity contribution is 0.439. The van der Waals surface area contributed by atoms with Gasteiger partial charge in [-0.25, -0.2) is 0 Å². The number of hydrogen-bond donors (Lipinski definition) is 1. The highest BCUT2D eigenvalue weighted by Crippen LogP contribution is 2.36. The van der Waals surface area contributed by atoms with E-state index in [1.807, 2.05) is 38.1 Å². The average molecular weight is 254 g/mol. The number of nitrogens with two attached hydrogens (primary N) is 1. The van der Waals surface area contributed by atoms with E-state index in [2.05, 4.69) is 11.2 Å². The number of anilines is 1. The van der Waals surface area contributed by atoms with E-state index in [9.17, 15) is 0 Å². The quantitative estimate of drug-likeness (QED) is 0.755. The van der Waals surface area contributed by atoms with Crippen LogP contribution < -0.4 is 5.73 Å². The summed E-state index contributed by atoms with van der Waals surface area (Å²) in [5.74, 6) is 1.14. The largest absolute Gasteiger partial charge is 0.469 e. The third-order valence-electron chi connectivity index (χ3n) is 3.03. The predicted molar refractivity (Wildman–Crippen MR) is 73.5 cm³/mol. The van der Waals surface area contributed by atoms with Gasteiger partial charge in [0.25, 0.3) is 0 Å². The molecule has 0 bridgehead atoms. The minimum atomic E-state index is 0.319. The van der Waals surface area contributed by atoms with Gasteiger partial charge in [0.1, 0.15) is 17.7 Å². The molecule has 0 aliphatic carbocycles. The fraction of sp³-hybridized carbons (Fsp3) is 0.133. The van der Waals surface area contributed by atoms with Crippen LogP contribution in [0.25, 0.3) is 22.4 Å². The van der Waals surface area contributed by atoms with E-state index < -0.39 is 0 Å². The molecule has 0 aliphatic rings. The van der Waals surface area contributed by atoms with Gasteiger partial charge in [-0.3, -0.25) is 0 Å². The van der Waals surface area contributed by atoms with Crippen molar-refractivity contribution in [3.05, 3.63) is 47.9 Å². The predicted octanol–water partition coefficient (Wildman–Crippen LogP) is 3.80. The molecule has 2 aromatic heterocycles. The Morgan fingerprint density at radius 1 is 1.11 bits per heavy atom. The van der Waals surface area contributed by atoms with Gasteiger partial charge in [-0.15, -0.1) is 0 Å². The molecule has 96 valence electrons. The van der Waals surface area contributed by atoms with Crippen LogP contribution in [-0.2, 0) is 0 Å². The SMILES string of the molecule is Cc1cccc(-c2c(-c3coc(C)c3)noc2N)c1. The molecule has 3 aromatic rings. The first-order chi connectivity index (χ1) is 9.15. The van der Waals surface area contributed by atoms with Crippen LogP contribution in [0.1, 0.15) is 11.3 Å². The van der Waals surface area contributed by atoms with Crippen molar-refractivity contribution in [3.8, 4) is 22.4 Å². The van der Waals surface area contributed by atoms with Gasteiger partial charge in [-0.1, -0.05) is 35.0 Å². The van der Waals surface area contributed by atoms with Crippen molar-refractivity contribution in [1.82, 2.24) is 5.16 Å². The number of nitrogens with zero attached hydrogens (tertiary/aromatic N) is 1. The lowest BCUT2D eigenvalue weighted by Gasteiger charge is -2.02. The molecular weight excluding hydrogens is 240 g/mol. The van der Waals surface area contributed by atoms with E-state index in [4.69, 9.17) is 14.7 Å². The number of furan rings is 1. The molecule has 0 saturated carbocycles. The molecule has 0 atom stereocenters. The number of benzene rings is 1. The highest BCUT2D eigenvalue weighted by atomic mass is 16.5. The Bertz CT molecular complexity index is 725. The van der Waals surface area contributed by atoms with Crippen molar-refractivity contribution in [2.45, 2.75) is 13.8 Å². The highest BCUT2D eigenvalue weighted by Gasteiger charge is 2.18. The maximum Gasteiger partial charge on any atom is 0.230 e. The minimum Gasteiger partial charge on any atom is -0.469 e. The van der Waals surface area contributed by atoms with Crippen LogP contribution in [0.15, 0.2) is 45.5 Å². The molecule has 4 heteroatoms. The minimum absolute atomic E-state index is 0.319. The summed E-state index contributed by atoms with van der Waals surface area (Å²) in [6, 6.07) is 9.98. The molecule has 2 N–H and O–H groups in total. The van der Waals surface area contributed by atoms with Gasteiger partial charge in [0.15, 0.2) is 0 Å². The molecule has 0 spiro atoms. The van der Waals surface area contributed by atoms with Crippen molar-refractivity contribution < 1.29 is 8.94 Å². The van der Waals surface area contributed by atoms with Crippen molar-refractivity contribution in [3.63, 3.8) is 0 Å². The van der Waals surface area contributed by atoms with Gasteiger partial charge in [0.05, 0.1) is 5.56 Å². The number of rotatable bonds is 2. The average Bonchev–Trinajstić information content (AvgIpc) is 2.95. The molecule has 1 aromatic carbocycles. The summed E-state index contributed by atoms with van der Waals surface area (Å²) in [5, 5.41) is 4.05. The van der Waals surface area contributed by atoms with Crippen molar-refractivity contribution in [2.75, 3.05) is 5.73 Å². The lowest BCUT2D eigenvalue weighted by atomic mass is 10.0. The van der Waals surface area contributed by atoms with Gasteiger partial charge in [0, 0.05) is 5.56 Å². The summed E-state index contributed by atoms with van der Waals surface area (Å²) in [6.45, 7) is 3.92. The van der Waals surface area contributed by atoms with Gasteiger partial charge < -0.3 is 14.7 Å². The summed E-state index contributed by atoms with van der Waals surface area (Å²) < 4.78 is 10.5. The Morgan fingerprint density at radius 3 is 2.63 bits per heavy atom. The smallest absolute Gasteiger partial charge is 0.230 e. The van der Waals surface area contributed by atoms with Crippen LogP contribution in [0, 0.1) is 13.8 Å². The van der Waals surface area contributed by atoms with Crippen LogP contribution in [0.2, 0.25) is 0 Å². The van der Waals surface area contributed by atoms with Crippen LogP contribution in [-0.4, -0.2) is 5.16 Å². The summed E-state index contributed by atoms with van der Waals surface area (Å²) in [6.07, 6.45) is 1.66. The molecule has 0 fully saturated rings. The molecule has 2 heterocycles. The standard InChI is InChI=1S/C15H14N2O2/c1-9-4-3-5-11(6-9)13-14(17-19-15(13)16)12-7-10(2)18-8-12/h3-8H,16H2,1-2H3. The van der Waals surface area contributed by atoms with Crippen molar-refractivity contribution in [1.29, 1.82) is 0 Å². The zero-order chi connectivity index (χ0) is 13.4. The molecule has 3 rings (SSSR count). The zero-order valence-corrected chi connectivity index (χ0v) is 10.8. The fourth-order valence-corrected chi connectivity index (χ4v) is 2.15. The second kappa shape index (κ2) is 4.31. The van der Waals surface area contributed by atoms with Crippen molar-refractivity contribution in [2.24, 2.45) is 0 Å². The van der Waals surface area contributed by atoms with Crippen LogP contribution >= 0.6 is 0 Å². The van der Waals surface area contributed by atoms with E-state index in [1.165, 1.54) is 0 Å². The lowest BCUT2D eigenvalue weighted by Crippen LogP contribution is -1.87. The number of hydrogen-bond acceptors (Lipinski definition) is 4. The Kier molecular flexibility index (Phi) is 2.63. The first-order valence-electron chi connectivity index (χ1n) is 6.03. The monoisotopic (exact) mass is 254 g/mol. The molecular formula is C15H14N2O2. The van der Waals surface area contributed by atoms with E-state index in [1.54, 1.807) is 6.26 Å². The van der Waals surface area contributed by atoms with Gasteiger partial charge >= 0.3 is 0 Å². The van der Waals surface area contributed by atoms with E-state index in [0.717, 1.165) is 28.0 Å². The Balaban J connectivity index is 2.19. The third-order valence-corrected chi connectivity index (χ3v) is 3.03. The first-order valence-corrected chi connectivity index (χ1v) is 6.03. The second-order valence-corrected chi connectivity index (χ2v) is 4.59. The molecule has 19 heavy (non-hydrogen) atoms. The number of aryl methyl sites for hydroxylation is 2. The van der Waals surface area contributed by atoms with E-state index >= 15 is 0 Å². The highest BCUT2D eigenvalue weighted by molar-refractivity contribution is 5.86. The second-order valence-electron chi connectivity index (χ2n) is 4.59. The van der Waals surface area contributed by atoms with E-state index in [0.29, 0.717) is 11.6 Å². The maximum absolute atomic E-state index is 5.91. The number of aromatic nitrogens is 1. The Hall–Kier alpha value is -2.49. The molecule has 0 radical (unpaired) electrons. The summed E-state index contributed by atoms with van der Waals surface area (Å²) in [4.78, 5) is 0. The van der Waals surface area contributed by atoms with Gasteiger partial charge in [-0.2, -0.15) is 0 Å². The van der Waals surface area contributed by atoms with Crippen LogP contribution in [0.5, 0.6) is 0 Å².